The monoisotopic (exact) mass is 362 g/mol. The fourth-order valence-corrected chi connectivity index (χ4v) is 3.28. The number of hydrogen-bond donors (Lipinski definition) is 0. The summed E-state index contributed by atoms with van der Waals surface area (Å²) in [7, 11) is 3.04. The van der Waals surface area contributed by atoms with Gasteiger partial charge in [0, 0.05) is 19.5 Å². The maximum absolute atomic E-state index is 12.7. The first-order chi connectivity index (χ1) is 12.1. The molecule has 9 heteroatoms. The van der Waals surface area contributed by atoms with Crippen molar-refractivity contribution in [2.24, 2.45) is 4.99 Å². The van der Waals surface area contributed by atoms with Crippen LogP contribution in [0.3, 0.4) is 0 Å². The molecule has 3 rings (SSSR count). The number of ether oxygens (including phenoxy) is 1. The van der Waals surface area contributed by atoms with Crippen LogP contribution in [0, 0.1) is 0 Å². The molecular formula is C17H24N5O4+. The van der Waals surface area contributed by atoms with Crippen molar-refractivity contribution in [2.75, 3.05) is 20.7 Å². The van der Waals surface area contributed by atoms with Crippen LogP contribution >= 0.6 is 0 Å². The zero-order valence-electron chi connectivity index (χ0n) is 15.9. The molecule has 0 saturated carbocycles. The normalized spacial score (nSPS) is 19.5. The van der Waals surface area contributed by atoms with E-state index in [-0.39, 0.29) is 30.4 Å². The van der Waals surface area contributed by atoms with Crippen LogP contribution in [-0.4, -0.2) is 58.8 Å². The van der Waals surface area contributed by atoms with Crippen LogP contribution in [0.1, 0.15) is 39.4 Å². The van der Waals surface area contributed by atoms with Gasteiger partial charge < -0.3 is 4.74 Å². The van der Waals surface area contributed by atoms with Crippen LogP contribution < -0.4 is 4.57 Å². The lowest BCUT2D eigenvalue weighted by molar-refractivity contribution is -0.677. The van der Waals surface area contributed by atoms with Gasteiger partial charge in [0.1, 0.15) is 11.9 Å². The van der Waals surface area contributed by atoms with E-state index in [1.54, 1.807) is 23.1 Å². The molecule has 1 aromatic heterocycles. The first kappa shape index (κ1) is 18.1. The number of esters is 1. The topological polar surface area (TPSA) is 88.1 Å². The molecule has 0 aliphatic carbocycles. The molecule has 1 unspecified atom stereocenters. The van der Waals surface area contributed by atoms with Gasteiger partial charge in [-0.25, -0.2) is 18.7 Å². The van der Waals surface area contributed by atoms with E-state index < -0.39 is 12.1 Å². The molecule has 2 aliphatic heterocycles. The second kappa shape index (κ2) is 5.93. The minimum atomic E-state index is -0.706. The van der Waals surface area contributed by atoms with Crippen LogP contribution in [0.25, 0.3) is 0 Å². The van der Waals surface area contributed by atoms with E-state index >= 15 is 0 Å². The van der Waals surface area contributed by atoms with E-state index in [0.29, 0.717) is 11.8 Å². The molecule has 0 spiro atoms. The Labute approximate surface area is 151 Å². The highest BCUT2D eigenvalue weighted by atomic mass is 16.5. The molecule has 2 aliphatic rings. The number of hydrogen-bond acceptors (Lipinski definition) is 5. The van der Waals surface area contributed by atoms with Gasteiger partial charge in [0.25, 0.3) is 5.91 Å². The summed E-state index contributed by atoms with van der Waals surface area (Å²) in [5.41, 5.74) is 0.587. The van der Waals surface area contributed by atoms with Gasteiger partial charge in [-0.2, -0.15) is 0 Å². The number of aliphatic imine (C=N–C) groups is 1. The Morgan fingerprint density at radius 2 is 1.92 bits per heavy atom. The number of fused-ring (bicyclic) bond motifs is 3. The summed E-state index contributed by atoms with van der Waals surface area (Å²) < 4.78 is 8.57. The summed E-state index contributed by atoms with van der Waals surface area (Å²) in [6, 6.07) is -1.13. The molecule has 1 atom stereocenters. The van der Waals surface area contributed by atoms with E-state index in [9.17, 15) is 14.4 Å². The number of aromatic nitrogens is 2. The van der Waals surface area contributed by atoms with Crippen molar-refractivity contribution in [3.05, 3.63) is 11.9 Å². The zero-order chi connectivity index (χ0) is 19.4. The van der Waals surface area contributed by atoms with Crippen LogP contribution in [0.5, 0.6) is 0 Å². The number of likely N-dealkylation sites (N-methyl/N-ethyl adjacent to an activating group) is 2. The standard InChI is InChI=1S/C17H24N5O4/c1-7-26-11(23)9-21-10(17(2,3)4)8-22-12-13(18-15(21)22)19(5)16(25)20(6)14(12)24/h8,12H,7,9H2,1-6H3/q+1. The molecule has 1 aromatic rings. The van der Waals surface area contributed by atoms with Crippen LogP contribution in [0.15, 0.2) is 11.2 Å². The average molecular weight is 362 g/mol. The molecule has 0 radical (unpaired) electrons. The number of imide groups is 1. The van der Waals surface area contributed by atoms with Gasteiger partial charge in [-0.05, 0) is 6.92 Å². The van der Waals surface area contributed by atoms with Crippen LogP contribution in [0.2, 0.25) is 0 Å². The lowest BCUT2D eigenvalue weighted by Crippen LogP contribution is -2.61. The van der Waals surface area contributed by atoms with E-state index in [1.807, 2.05) is 27.0 Å². The van der Waals surface area contributed by atoms with Crippen molar-refractivity contribution >= 4 is 29.7 Å². The second-order valence-electron chi connectivity index (χ2n) is 7.47. The first-order valence-corrected chi connectivity index (χ1v) is 8.52. The van der Waals surface area contributed by atoms with Crippen molar-refractivity contribution in [3.63, 3.8) is 0 Å². The molecular weight excluding hydrogens is 338 g/mol. The third kappa shape index (κ3) is 2.58. The van der Waals surface area contributed by atoms with Gasteiger partial charge in [0.05, 0.1) is 6.61 Å². The minimum absolute atomic E-state index is 0.00598. The Bertz CT molecular complexity index is 833. The number of urea groups is 1. The van der Waals surface area contributed by atoms with Gasteiger partial charge >= 0.3 is 17.9 Å². The van der Waals surface area contributed by atoms with Crippen LogP contribution in [-0.2, 0) is 26.3 Å². The summed E-state index contributed by atoms with van der Waals surface area (Å²) in [5, 5.41) is 0. The highest BCUT2D eigenvalue weighted by molar-refractivity contribution is 6.18. The van der Waals surface area contributed by atoms with E-state index in [0.717, 1.165) is 10.6 Å². The molecule has 0 aromatic carbocycles. The maximum atomic E-state index is 12.7. The fraction of sp³-hybridized carbons (Fsp3) is 0.588. The molecule has 3 heterocycles. The van der Waals surface area contributed by atoms with Crippen LogP contribution in [0.4, 0.5) is 10.7 Å². The Morgan fingerprint density at radius 1 is 1.27 bits per heavy atom. The molecule has 140 valence electrons. The Morgan fingerprint density at radius 3 is 2.50 bits per heavy atom. The van der Waals surface area contributed by atoms with Gasteiger partial charge in [0.15, 0.2) is 6.54 Å². The average Bonchev–Trinajstić information content (AvgIpc) is 3.08. The predicted molar refractivity (Wildman–Crippen MR) is 92.0 cm³/mol. The predicted octanol–water partition coefficient (Wildman–Crippen LogP) is 0.745. The number of carbonyl (C=O) groups is 3. The Kier molecular flexibility index (Phi) is 4.12. The molecule has 0 N–H and O–H groups in total. The van der Waals surface area contributed by atoms with Gasteiger partial charge in [-0.3, -0.25) is 14.6 Å². The summed E-state index contributed by atoms with van der Waals surface area (Å²) >= 11 is 0. The van der Waals surface area contributed by atoms with E-state index in [1.165, 1.54) is 11.9 Å². The summed E-state index contributed by atoms with van der Waals surface area (Å²) in [4.78, 5) is 44.0. The van der Waals surface area contributed by atoms with Crippen molar-refractivity contribution in [1.29, 1.82) is 0 Å². The number of amides is 3. The number of amidine groups is 1. The maximum Gasteiger partial charge on any atom is 0.402 e. The highest BCUT2D eigenvalue weighted by Gasteiger charge is 2.53. The quantitative estimate of drug-likeness (QED) is 0.586. The molecule has 1 saturated heterocycles. The SMILES string of the molecule is CCOC(=O)Cn1c(C(C)(C)C)c[n+]2c1N=C1C2C(=O)N(C)C(=O)N1C. The van der Waals surface area contributed by atoms with E-state index in [4.69, 9.17) is 4.74 Å². The molecule has 1 fully saturated rings. The van der Waals surface area contributed by atoms with E-state index in [2.05, 4.69) is 4.99 Å². The van der Waals surface area contributed by atoms with Crippen molar-refractivity contribution in [2.45, 2.75) is 45.7 Å². The lowest BCUT2D eigenvalue weighted by Gasteiger charge is -2.30. The van der Waals surface area contributed by atoms with Crippen molar-refractivity contribution < 1.29 is 23.7 Å². The van der Waals surface area contributed by atoms with Gasteiger partial charge in [-0.1, -0.05) is 25.8 Å². The smallest absolute Gasteiger partial charge is 0.402 e. The summed E-state index contributed by atoms with van der Waals surface area (Å²) in [6.45, 7) is 8.10. The number of nitrogens with zero attached hydrogens (tertiary/aromatic N) is 5. The molecule has 9 nitrogen and oxygen atoms in total. The Balaban J connectivity index is 2.15. The largest absolute Gasteiger partial charge is 0.464 e. The zero-order valence-corrected chi connectivity index (χ0v) is 15.9. The number of rotatable bonds is 3. The lowest BCUT2D eigenvalue weighted by atomic mass is 9.92. The van der Waals surface area contributed by atoms with Gasteiger partial charge in [-0.15, -0.1) is 0 Å². The Hall–Kier alpha value is -2.71. The second-order valence-corrected chi connectivity index (χ2v) is 7.47. The summed E-state index contributed by atoms with van der Waals surface area (Å²) in [5.74, 6) is 0.113. The van der Waals surface area contributed by atoms with Crippen molar-refractivity contribution in [3.8, 4) is 0 Å². The highest BCUT2D eigenvalue weighted by Crippen LogP contribution is 2.32. The minimum Gasteiger partial charge on any atom is -0.464 e. The fourth-order valence-electron chi connectivity index (χ4n) is 3.28. The molecule has 3 amide bonds. The third-order valence-electron chi connectivity index (χ3n) is 4.60. The number of carbonyl (C=O) groups excluding carboxylic acids is 3. The first-order valence-electron chi connectivity index (χ1n) is 8.52. The molecule has 26 heavy (non-hydrogen) atoms. The molecule has 0 bridgehead atoms. The summed E-state index contributed by atoms with van der Waals surface area (Å²) in [6.07, 6.45) is 1.84. The van der Waals surface area contributed by atoms with Crippen molar-refractivity contribution in [1.82, 2.24) is 14.4 Å². The van der Waals surface area contributed by atoms with Gasteiger partial charge in [0.2, 0.25) is 11.9 Å². The third-order valence-corrected chi connectivity index (χ3v) is 4.60. The number of imidazole rings is 1.